The van der Waals surface area contributed by atoms with E-state index in [0.717, 1.165) is 20.8 Å². The lowest BCUT2D eigenvalue weighted by molar-refractivity contribution is -0.135. The fourth-order valence-electron chi connectivity index (χ4n) is 0.423. The second-order valence-electron chi connectivity index (χ2n) is 3.30. The summed E-state index contributed by atoms with van der Waals surface area (Å²) in [5, 5.41) is 47.3. The summed E-state index contributed by atoms with van der Waals surface area (Å²) in [6, 6.07) is 0. The van der Waals surface area contributed by atoms with Crippen LogP contribution < -0.4 is 0 Å². The van der Waals surface area contributed by atoms with E-state index in [9.17, 15) is 0 Å². The molecule has 0 bridgehead atoms. The molecule has 0 aromatic carbocycles. The van der Waals surface area contributed by atoms with E-state index < -0.39 is 17.9 Å². The van der Waals surface area contributed by atoms with Crippen molar-refractivity contribution in [2.24, 2.45) is 5.92 Å². The van der Waals surface area contributed by atoms with E-state index in [1.54, 1.807) is 0 Å². The first-order valence-electron chi connectivity index (χ1n) is 5.46. The van der Waals surface area contributed by atoms with Gasteiger partial charge in [-0.25, -0.2) is 0 Å². The van der Waals surface area contributed by atoms with Crippen molar-refractivity contribution in [2.45, 2.75) is 27.2 Å². The van der Waals surface area contributed by atoms with Gasteiger partial charge in [-0.3, -0.25) is 14.4 Å². The second kappa shape index (κ2) is 22.5. The summed E-state index contributed by atoms with van der Waals surface area (Å²) in [6.07, 6.45) is 0.479. The van der Waals surface area contributed by atoms with Crippen molar-refractivity contribution in [3.05, 3.63) is 0 Å². The highest BCUT2D eigenvalue weighted by atomic mass is 16.4. The predicted molar refractivity (Wildman–Crippen MR) is 69.3 cm³/mol. The van der Waals surface area contributed by atoms with Gasteiger partial charge < -0.3 is 30.6 Å². The lowest BCUT2D eigenvalue weighted by Gasteiger charge is -2.06. The Bertz CT molecular complexity index is 196. The Labute approximate surface area is 117 Å². The lowest BCUT2D eigenvalue weighted by atomic mass is 10.1. The summed E-state index contributed by atoms with van der Waals surface area (Å²) < 4.78 is 0. The van der Waals surface area contributed by atoms with Crippen LogP contribution in [0.4, 0.5) is 0 Å². The zero-order chi connectivity index (χ0) is 17.1. The molecule has 0 saturated carbocycles. The van der Waals surface area contributed by atoms with Gasteiger partial charge in [0.05, 0.1) is 0 Å². The first-order valence-corrected chi connectivity index (χ1v) is 5.46. The molecule has 0 aromatic heterocycles. The maximum absolute atomic E-state index is 9.00. The number of aliphatic hydroxyl groups excluding tert-OH is 3. The Morgan fingerprint density at radius 3 is 1.00 bits per heavy atom. The van der Waals surface area contributed by atoms with Crippen molar-refractivity contribution < 1.29 is 45.0 Å². The zero-order valence-corrected chi connectivity index (χ0v) is 11.8. The van der Waals surface area contributed by atoms with Gasteiger partial charge in [0.25, 0.3) is 17.9 Å². The highest BCUT2D eigenvalue weighted by Gasteiger charge is 2.02. The molecule has 6 N–H and O–H groups in total. The summed E-state index contributed by atoms with van der Waals surface area (Å²) in [4.78, 5) is 27.0. The van der Waals surface area contributed by atoms with Crippen molar-refractivity contribution in [1.29, 1.82) is 0 Å². The molecule has 0 radical (unpaired) electrons. The minimum Gasteiger partial charge on any atom is -0.481 e. The largest absolute Gasteiger partial charge is 0.481 e. The number of aliphatic carboxylic acids is 3. The monoisotopic (exact) mass is 300 g/mol. The van der Waals surface area contributed by atoms with E-state index in [-0.39, 0.29) is 25.7 Å². The first-order chi connectivity index (χ1) is 9.04. The van der Waals surface area contributed by atoms with Crippen molar-refractivity contribution in [3.63, 3.8) is 0 Å². The predicted octanol–water partition coefficient (Wildman–Crippen LogP) is -0.758. The van der Waals surface area contributed by atoms with E-state index in [1.807, 2.05) is 0 Å². The molecule has 0 aliphatic heterocycles. The number of hydrogen-bond donors (Lipinski definition) is 6. The van der Waals surface area contributed by atoms with Crippen LogP contribution in [0.2, 0.25) is 0 Å². The summed E-state index contributed by atoms with van der Waals surface area (Å²) in [6.45, 7) is 3.19. The molecule has 9 heteroatoms. The maximum atomic E-state index is 9.00. The Kier molecular flexibility index (Phi) is 30.1. The van der Waals surface area contributed by atoms with Gasteiger partial charge in [-0.2, -0.15) is 0 Å². The van der Waals surface area contributed by atoms with Crippen molar-refractivity contribution in [2.75, 3.05) is 19.8 Å². The third-order valence-electron chi connectivity index (χ3n) is 1.05. The topological polar surface area (TPSA) is 173 Å². The van der Waals surface area contributed by atoms with Gasteiger partial charge in [-0.1, -0.05) is 0 Å². The maximum Gasteiger partial charge on any atom is 0.300 e. The summed E-state index contributed by atoms with van der Waals surface area (Å²) >= 11 is 0. The molecule has 0 aromatic rings. The van der Waals surface area contributed by atoms with Gasteiger partial charge >= 0.3 is 0 Å². The van der Waals surface area contributed by atoms with Gasteiger partial charge in [0, 0.05) is 46.5 Å². The van der Waals surface area contributed by atoms with E-state index in [0.29, 0.717) is 6.42 Å². The molecule has 0 heterocycles. The van der Waals surface area contributed by atoms with Crippen LogP contribution in [0.3, 0.4) is 0 Å². The van der Waals surface area contributed by atoms with Crippen LogP contribution in [0.25, 0.3) is 0 Å². The number of carbonyl (C=O) groups is 3. The molecule has 0 unspecified atom stereocenters. The third kappa shape index (κ3) is 136. The molecule has 0 fully saturated rings. The minimum absolute atomic E-state index is 0.0335. The first kappa shape index (κ1) is 26.8. The van der Waals surface area contributed by atoms with E-state index in [2.05, 4.69) is 0 Å². The van der Waals surface area contributed by atoms with Crippen molar-refractivity contribution >= 4 is 17.9 Å². The smallest absolute Gasteiger partial charge is 0.300 e. The lowest BCUT2D eigenvalue weighted by Crippen LogP contribution is -2.12. The Balaban J connectivity index is -0.0000000917. The Morgan fingerprint density at radius 2 is 0.950 bits per heavy atom. The molecule has 9 nitrogen and oxygen atoms in total. The molecule has 0 atom stereocenters. The van der Waals surface area contributed by atoms with Gasteiger partial charge in [0.1, 0.15) is 0 Å². The molecule has 0 saturated heterocycles. The molecule has 0 amide bonds. The fourth-order valence-corrected chi connectivity index (χ4v) is 0.423. The van der Waals surface area contributed by atoms with Crippen LogP contribution in [-0.2, 0) is 14.4 Å². The molecule has 122 valence electrons. The van der Waals surface area contributed by atoms with Gasteiger partial charge in [0.15, 0.2) is 0 Å². The molecule has 0 aliphatic carbocycles. The average molecular weight is 300 g/mol. The molecular formula is C11H24O9. The summed E-state index contributed by atoms with van der Waals surface area (Å²) in [7, 11) is 0. The second-order valence-corrected chi connectivity index (χ2v) is 3.30. The summed E-state index contributed by atoms with van der Waals surface area (Å²) in [5.41, 5.74) is 0. The SMILES string of the molecule is CC(=O)O.CC(=O)O.CC(=O)O.OCCC(CO)CO. The van der Waals surface area contributed by atoms with Gasteiger partial charge in [-0.05, 0) is 6.42 Å². The highest BCUT2D eigenvalue weighted by molar-refractivity contribution is 5.63. The number of rotatable bonds is 4. The van der Waals surface area contributed by atoms with E-state index >= 15 is 0 Å². The van der Waals surface area contributed by atoms with Gasteiger partial charge in [-0.15, -0.1) is 0 Å². The number of carboxylic acids is 3. The van der Waals surface area contributed by atoms with Gasteiger partial charge in [0.2, 0.25) is 0 Å². The molecule has 0 rings (SSSR count). The van der Waals surface area contributed by atoms with E-state index in [4.69, 9.17) is 45.0 Å². The quantitative estimate of drug-likeness (QED) is 0.390. The highest BCUT2D eigenvalue weighted by Crippen LogP contribution is 1.97. The average Bonchev–Trinajstić information content (AvgIpc) is 2.23. The normalized spacial score (nSPS) is 7.95. The van der Waals surface area contributed by atoms with Crippen molar-refractivity contribution in [1.82, 2.24) is 0 Å². The molecule has 0 aliphatic rings. The van der Waals surface area contributed by atoms with Crippen LogP contribution in [0.15, 0.2) is 0 Å². The summed E-state index contributed by atoms with van der Waals surface area (Å²) in [5.74, 6) is -2.64. The van der Waals surface area contributed by atoms with Crippen molar-refractivity contribution in [3.8, 4) is 0 Å². The van der Waals surface area contributed by atoms with Crippen LogP contribution in [0, 0.1) is 5.92 Å². The minimum atomic E-state index is -0.833. The van der Waals surface area contributed by atoms with Crippen LogP contribution in [0.1, 0.15) is 27.2 Å². The molecule has 20 heavy (non-hydrogen) atoms. The van der Waals surface area contributed by atoms with Crippen LogP contribution in [-0.4, -0.2) is 68.4 Å². The molecule has 0 spiro atoms. The third-order valence-corrected chi connectivity index (χ3v) is 1.05. The Morgan fingerprint density at radius 1 is 0.750 bits per heavy atom. The molecular weight excluding hydrogens is 276 g/mol. The zero-order valence-electron chi connectivity index (χ0n) is 11.8. The number of carboxylic acid groups (broad SMARTS) is 3. The standard InChI is InChI=1S/C5H12O3.3C2H4O2/c6-2-1-5(3-7)4-8;3*1-2(3)4/h5-8H,1-4H2;3*1H3,(H,3,4). The van der Waals surface area contributed by atoms with Crippen LogP contribution in [0.5, 0.6) is 0 Å². The number of hydrogen-bond acceptors (Lipinski definition) is 6. The Hall–Kier alpha value is -1.71. The van der Waals surface area contributed by atoms with E-state index in [1.165, 1.54) is 0 Å². The fraction of sp³-hybridized carbons (Fsp3) is 0.727. The van der Waals surface area contributed by atoms with Crippen LogP contribution >= 0.6 is 0 Å². The number of aliphatic hydroxyl groups is 3.